The highest BCUT2D eigenvalue weighted by Gasteiger charge is 2.36. The van der Waals surface area contributed by atoms with E-state index >= 15 is 0 Å². The van der Waals surface area contributed by atoms with Gasteiger partial charge in [-0.15, -0.1) is 12.4 Å². The molecular formula is C15H28ClN3O2. The van der Waals surface area contributed by atoms with Crippen molar-refractivity contribution >= 4 is 24.2 Å². The van der Waals surface area contributed by atoms with E-state index in [0.717, 1.165) is 38.8 Å². The van der Waals surface area contributed by atoms with Crippen LogP contribution >= 0.6 is 12.4 Å². The Hall–Kier alpha value is -0.810. The lowest BCUT2D eigenvalue weighted by atomic mass is 10.0. The normalized spacial score (nSPS) is 27.1. The molecule has 6 heteroatoms. The molecule has 2 aliphatic heterocycles. The van der Waals surface area contributed by atoms with Gasteiger partial charge in [0, 0.05) is 31.6 Å². The number of carbonyl (C=O) groups excluding carboxylic acids is 2. The van der Waals surface area contributed by atoms with E-state index in [1.165, 1.54) is 0 Å². The number of halogens is 1. The molecule has 2 saturated heterocycles. The first-order chi connectivity index (χ1) is 9.61. The summed E-state index contributed by atoms with van der Waals surface area (Å²) >= 11 is 0. The van der Waals surface area contributed by atoms with Crippen molar-refractivity contribution in [3.63, 3.8) is 0 Å². The van der Waals surface area contributed by atoms with Crippen LogP contribution in [0.15, 0.2) is 0 Å². The van der Waals surface area contributed by atoms with Gasteiger partial charge < -0.3 is 15.5 Å². The molecule has 0 spiro atoms. The van der Waals surface area contributed by atoms with Crippen LogP contribution < -0.4 is 10.6 Å². The zero-order chi connectivity index (χ0) is 14.5. The third-order valence-electron chi connectivity index (χ3n) is 4.41. The molecule has 2 fully saturated rings. The third-order valence-corrected chi connectivity index (χ3v) is 4.41. The maximum absolute atomic E-state index is 12.3. The molecule has 0 radical (unpaired) electrons. The fourth-order valence-electron chi connectivity index (χ4n) is 3.20. The van der Waals surface area contributed by atoms with Gasteiger partial charge in [-0.1, -0.05) is 13.3 Å². The van der Waals surface area contributed by atoms with Crippen molar-refractivity contribution in [1.29, 1.82) is 0 Å². The molecule has 0 saturated carbocycles. The molecule has 5 nitrogen and oxygen atoms in total. The van der Waals surface area contributed by atoms with Crippen LogP contribution in [0, 0.1) is 5.92 Å². The molecule has 0 aromatic rings. The number of rotatable bonds is 5. The van der Waals surface area contributed by atoms with Gasteiger partial charge in [0.1, 0.15) is 0 Å². The molecule has 2 N–H and O–H groups in total. The van der Waals surface area contributed by atoms with E-state index in [1.807, 2.05) is 4.90 Å². The zero-order valence-electron chi connectivity index (χ0n) is 13.1. The van der Waals surface area contributed by atoms with Crippen LogP contribution in [0.25, 0.3) is 0 Å². The maximum atomic E-state index is 12.3. The summed E-state index contributed by atoms with van der Waals surface area (Å²) in [5.74, 6) is 0.0230. The largest absolute Gasteiger partial charge is 0.352 e. The summed E-state index contributed by atoms with van der Waals surface area (Å²) in [5, 5.41) is 6.38. The molecule has 2 heterocycles. The van der Waals surface area contributed by atoms with Crippen LogP contribution in [-0.4, -0.2) is 48.4 Å². The van der Waals surface area contributed by atoms with Gasteiger partial charge in [0.05, 0.1) is 5.92 Å². The lowest BCUT2D eigenvalue weighted by Crippen LogP contribution is -2.48. The SMILES string of the molecule is CCCC(C)N1CC(C(=O)NC2CCCNC2)CC1=O.Cl. The molecule has 21 heavy (non-hydrogen) atoms. The fraction of sp³-hybridized carbons (Fsp3) is 0.867. The van der Waals surface area contributed by atoms with E-state index in [-0.39, 0.29) is 42.2 Å². The summed E-state index contributed by atoms with van der Waals surface area (Å²) in [4.78, 5) is 26.2. The van der Waals surface area contributed by atoms with Crippen LogP contribution in [0.5, 0.6) is 0 Å². The first kappa shape index (κ1) is 18.2. The van der Waals surface area contributed by atoms with Gasteiger partial charge >= 0.3 is 0 Å². The second-order valence-corrected chi connectivity index (χ2v) is 6.14. The van der Waals surface area contributed by atoms with Gasteiger partial charge in [-0.25, -0.2) is 0 Å². The van der Waals surface area contributed by atoms with Crippen molar-refractivity contribution < 1.29 is 9.59 Å². The van der Waals surface area contributed by atoms with Crippen LogP contribution in [0.2, 0.25) is 0 Å². The highest BCUT2D eigenvalue weighted by atomic mass is 35.5. The minimum atomic E-state index is -0.163. The van der Waals surface area contributed by atoms with Crippen molar-refractivity contribution in [3.05, 3.63) is 0 Å². The average Bonchev–Trinajstić information content (AvgIpc) is 2.82. The number of likely N-dealkylation sites (tertiary alicyclic amines) is 1. The van der Waals surface area contributed by atoms with Crippen LogP contribution in [0.4, 0.5) is 0 Å². The van der Waals surface area contributed by atoms with Gasteiger partial charge in [0.15, 0.2) is 0 Å². The van der Waals surface area contributed by atoms with Crippen LogP contribution in [-0.2, 0) is 9.59 Å². The zero-order valence-corrected chi connectivity index (χ0v) is 13.9. The van der Waals surface area contributed by atoms with E-state index in [0.29, 0.717) is 13.0 Å². The molecule has 0 aromatic carbocycles. The Labute approximate surface area is 133 Å². The standard InChI is InChI=1S/C15H27N3O2.ClH/c1-3-5-11(2)18-10-12(8-14(18)19)15(20)17-13-6-4-7-16-9-13;/h11-13,16H,3-10H2,1-2H3,(H,17,20);1H. The smallest absolute Gasteiger partial charge is 0.225 e. The molecule has 2 aliphatic rings. The van der Waals surface area contributed by atoms with Crippen LogP contribution in [0.1, 0.15) is 46.0 Å². The fourth-order valence-corrected chi connectivity index (χ4v) is 3.20. The van der Waals surface area contributed by atoms with Crippen LogP contribution in [0.3, 0.4) is 0 Å². The number of piperidine rings is 1. The molecule has 0 aromatic heterocycles. The van der Waals surface area contributed by atoms with Crippen molar-refractivity contribution in [2.24, 2.45) is 5.92 Å². The second-order valence-electron chi connectivity index (χ2n) is 6.14. The van der Waals surface area contributed by atoms with Crippen molar-refractivity contribution in [2.45, 2.75) is 58.0 Å². The van der Waals surface area contributed by atoms with Gasteiger partial charge in [-0.05, 0) is 32.7 Å². The molecule has 122 valence electrons. The Bertz CT molecular complexity index is 359. The monoisotopic (exact) mass is 317 g/mol. The topological polar surface area (TPSA) is 61.4 Å². The van der Waals surface area contributed by atoms with Gasteiger partial charge in [0.25, 0.3) is 0 Å². The number of hydrogen-bond donors (Lipinski definition) is 2. The predicted octanol–water partition coefficient (Wildman–Crippen LogP) is 1.31. The molecule has 2 amide bonds. The lowest BCUT2D eigenvalue weighted by molar-refractivity contribution is -0.130. The summed E-state index contributed by atoms with van der Waals surface area (Å²) in [7, 11) is 0. The molecule has 2 rings (SSSR count). The summed E-state index contributed by atoms with van der Waals surface area (Å²) in [6.45, 7) is 6.68. The van der Waals surface area contributed by atoms with E-state index in [1.54, 1.807) is 0 Å². The Morgan fingerprint density at radius 2 is 2.29 bits per heavy atom. The summed E-state index contributed by atoms with van der Waals surface area (Å²) < 4.78 is 0. The number of nitrogens with one attached hydrogen (secondary N) is 2. The number of hydrogen-bond acceptors (Lipinski definition) is 3. The third kappa shape index (κ3) is 4.85. The highest BCUT2D eigenvalue weighted by Crippen LogP contribution is 2.22. The van der Waals surface area contributed by atoms with E-state index in [2.05, 4.69) is 24.5 Å². The minimum absolute atomic E-state index is 0. The first-order valence-electron chi connectivity index (χ1n) is 7.92. The number of carbonyl (C=O) groups is 2. The molecule has 0 aliphatic carbocycles. The van der Waals surface area contributed by atoms with Gasteiger partial charge in [0.2, 0.25) is 11.8 Å². The predicted molar refractivity (Wildman–Crippen MR) is 85.5 cm³/mol. The average molecular weight is 318 g/mol. The minimum Gasteiger partial charge on any atom is -0.352 e. The summed E-state index contributed by atoms with van der Waals surface area (Å²) in [5.41, 5.74) is 0. The van der Waals surface area contributed by atoms with Crippen molar-refractivity contribution in [3.8, 4) is 0 Å². The summed E-state index contributed by atoms with van der Waals surface area (Å²) in [6.07, 6.45) is 4.59. The highest BCUT2D eigenvalue weighted by molar-refractivity contribution is 5.89. The first-order valence-corrected chi connectivity index (χ1v) is 7.92. The Morgan fingerprint density at radius 1 is 1.52 bits per heavy atom. The molecular weight excluding hydrogens is 290 g/mol. The van der Waals surface area contributed by atoms with Crippen molar-refractivity contribution in [1.82, 2.24) is 15.5 Å². The summed E-state index contributed by atoms with van der Waals surface area (Å²) in [6, 6.07) is 0.482. The number of amides is 2. The lowest BCUT2D eigenvalue weighted by Gasteiger charge is -2.26. The molecule has 0 bridgehead atoms. The Morgan fingerprint density at radius 3 is 2.90 bits per heavy atom. The van der Waals surface area contributed by atoms with Crippen molar-refractivity contribution in [2.75, 3.05) is 19.6 Å². The maximum Gasteiger partial charge on any atom is 0.225 e. The second kappa shape index (κ2) is 8.59. The molecule has 3 unspecified atom stereocenters. The number of nitrogens with zero attached hydrogens (tertiary/aromatic N) is 1. The molecule has 3 atom stereocenters. The van der Waals surface area contributed by atoms with Gasteiger partial charge in [-0.3, -0.25) is 9.59 Å². The van der Waals surface area contributed by atoms with E-state index in [4.69, 9.17) is 0 Å². The Balaban J connectivity index is 0.00000220. The Kier molecular flexibility index (Phi) is 7.46. The van der Waals surface area contributed by atoms with E-state index < -0.39 is 0 Å². The van der Waals surface area contributed by atoms with Gasteiger partial charge in [-0.2, -0.15) is 0 Å². The van der Waals surface area contributed by atoms with E-state index in [9.17, 15) is 9.59 Å². The quantitative estimate of drug-likeness (QED) is 0.804.